The summed E-state index contributed by atoms with van der Waals surface area (Å²) in [5.41, 5.74) is 8.11. The summed E-state index contributed by atoms with van der Waals surface area (Å²) in [4.78, 5) is 25.1. The molecule has 9 heteroatoms. The van der Waals surface area contributed by atoms with Crippen molar-refractivity contribution >= 4 is 29.3 Å². The van der Waals surface area contributed by atoms with E-state index in [1.807, 2.05) is 55.4 Å². The Morgan fingerprint density at radius 1 is 1.21 bits per heavy atom. The van der Waals surface area contributed by atoms with E-state index < -0.39 is 0 Å². The number of likely N-dealkylation sites (N-methyl/N-ethyl adjacent to an activating group) is 1. The monoisotopic (exact) mass is 480 g/mol. The molecule has 1 amide bonds. The molecule has 0 saturated carbocycles. The number of nitrogens with zero attached hydrogens (tertiary/aromatic N) is 4. The normalized spacial score (nSPS) is 14.5. The van der Waals surface area contributed by atoms with Crippen LogP contribution in [0.4, 0.5) is 11.8 Å². The second-order valence-electron chi connectivity index (χ2n) is 8.28. The molecule has 4 rings (SSSR count). The SMILES string of the molecule is CNCC[C@H](Oc1ccc(CN2CCN(C)c3nc(N)ncc3C2=O)c(Cl)c1)c1ccccc1. The highest BCUT2D eigenvalue weighted by molar-refractivity contribution is 6.31. The lowest BCUT2D eigenvalue weighted by Crippen LogP contribution is -2.33. The Kier molecular flexibility index (Phi) is 7.49. The smallest absolute Gasteiger partial charge is 0.259 e. The van der Waals surface area contributed by atoms with Crippen LogP contribution in [-0.2, 0) is 6.54 Å². The van der Waals surface area contributed by atoms with Crippen molar-refractivity contribution in [2.75, 3.05) is 44.4 Å². The van der Waals surface area contributed by atoms with Gasteiger partial charge in [-0.05, 0) is 36.9 Å². The van der Waals surface area contributed by atoms with Gasteiger partial charge >= 0.3 is 0 Å². The van der Waals surface area contributed by atoms with Gasteiger partial charge in [-0.1, -0.05) is 48.0 Å². The van der Waals surface area contributed by atoms with Crippen molar-refractivity contribution in [3.05, 3.63) is 76.4 Å². The Bertz CT molecular complexity index is 1140. The van der Waals surface area contributed by atoms with E-state index >= 15 is 0 Å². The molecule has 34 heavy (non-hydrogen) atoms. The maximum absolute atomic E-state index is 13.2. The summed E-state index contributed by atoms with van der Waals surface area (Å²) in [7, 11) is 3.81. The Morgan fingerprint density at radius 2 is 2.00 bits per heavy atom. The number of carbonyl (C=O) groups excluding carboxylic acids is 1. The van der Waals surface area contributed by atoms with E-state index in [1.165, 1.54) is 6.20 Å². The number of rotatable bonds is 8. The molecule has 1 atom stereocenters. The lowest BCUT2D eigenvalue weighted by atomic mass is 10.1. The number of hydrogen-bond donors (Lipinski definition) is 2. The first-order chi connectivity index (χ1) is 16.5. The number of aromatic nitrogens is 2. The third kappa shape index (κ3) is 5.40. The van der Waals surface area contributed by atoms with E-state index in [-0.39, 0.29) is 18.0 Å². The minimum atomic E-state index is -0.146. The van der Waals surface area contributed by atoms with E-state index in [2.05, 4.69) is 27.4 Å². The third-order valence-corrected chi connectivity index (χ3v) is 6.22. The highest BCUT2D eigenvalue weighted by Gasteiger charge is 2.27. The predicted octanol–water partition coefficient (Wildman–Crippen LogP) is 3.53. The molecule has 0 saturated heterocycles. The van der Waals surface area contributed by atoms with Crippen LogP contribution in [-0.4, -0.2) is 54.5 Å². The van der Waals surface area contributed by atoms with Crippen LogP contribution in [0.5, 0.6) is 5.75 Å². The van der Waals surface area contributed by atoms with Crippen molar-refractivity contribution < 1.29 is 9.53 Å². The molecule has 0 bridgehead atoms. The number of nitrogens with two attached hydrogens (primary N) is 1. The fourth-order valence-electron chi connectivity index (χ4n) is 3.96. The van der Waals surface area contributed by atoms with Crippen LogP contribution in [0.25, 0.3) is 0 Å². The van der Waals surface area contributed by atoms with Crippen LogP contribution < -0.4 is 20.7 Å². The van der Waals surface area contributed by atoms with Gasteiger partial charge in [-0.2, -0.15) is 4.98 Å². The molecule has 3 N–H and O–H groups in total. The number of nitrogen functional groups attached to an aromatic ring is 1. The molecule has 0 spiro atoms. The summed E-state index contributed by atoms with van der Waals surface area (Å²) < 4.78 is 6.30. The van der Waals surface area contributed by atoms with E-state index in [9.17, 15) is 4.79 Å². The number of carbonyl (C=O) groups is 1. The average molecular weight is 481 g/mol. The Morgan fingerprint density at radius 3 is 2.74 bits per heavy atom. The molecule has 2 aromatic carbocycles. The van der Waals surface area contributed by atoms with Crippen LogP contribution in [0.1, 0.15) is 34.0 Å². The number of hydrogen-bond acceptors (Lipinski definition) is 7. The first-order valence-electron chi connectivity index (χ1n) is 11.2. The first kappa shape index (κ1) is 23.8. The van der Waals surface area contributed by atoms with Gasteiger partial charge in [-0.25, -0.2) is 4.98 Å². The van der Waals surface area contributed by atoms with Gasteiger partial charge < -0.3 is 25.6 Å². The minimum Gasteiger partial charge on any atom is -0.486 e. The molecule has 0 radical (unpaired) electrons. The molecule has 1 aromatic heterocycles. The second kappa shape index (κ2) is 10.7. The molecule has 8 nitrogen and oxygen atoms in total. The van der Waals surface area contributed by atoms with Crippen LogP contribution in [0.15, 0.2) is 54.7 Å². The molecule has 178 valence electrons. The number of anilines is 2. The Labute approximate surface area is 204 Å². The Balaban J connectivity index is 1.51. The highest BCUT2D eigenvalue weighted by atomic mass is 35.5. The summed E-state index contributed by atoms with van der Waals surface area (Å²) >= 11 is 6.64. The summed E-state index contributed by atoms with van der Waals surface area (Å²) in [6.45, 7) is 2.35. The molecule has 3 aromatic rings. The van der Waals surface area contributed by atoms with Gasteiger partial charge in [0.25, 0.3) is 5.91 Å². The number of halogens is 1. The van der Waals surface area contributed by atoms with Gasteiger partial charge in [-0.3, -0.25) is 4.79 Å². The molecular weight excluding hydrogens is 452 g/mol. The van der Waals surface area contributed by atoms with Gasteiger partial charge in [0.2, 0.25) is 5.95 Å². The van der Waals surface area contributed by atoms with Gasteiger partial charge in [0.15, 0.2) is 0 Å². The number of benzene rings is 2. The highest BCUT2D eigenvalue weighted by Crippen LogP contribution is 2.30. The fourth-order valence-corrected chi connectivity index (χ4v) is 4.19. The standard InChI is InChI=1S/C25H29ClN6O2/c1-28-11-10-22(17-6-4-3-5-7-17)34-19-9-8-18(21(26)14-19)16-32-13-12-31(2)23-20(24(32)33)15-29-25(27)30-23/h3-9,14-15,22,28H,10-13,16H2,1-2H3,(H2,27,29,30)/t22-/m0/s1. The summed E-state index contributed by atoms with van der Waals surface area (Å²) in [6, 6.07) is 15.8. The number of amides is 1. The summed E-state index contributed by atoms with van der Waals surface area (Å²) in [5.74, 6) is 1.24. The fraction of sp³-hybridized carbons (Fsp3) is 0.320. The quantitative estimate of drug-likeness (QED) is 0.509. The second-order valence-corrected chi connectivity index (χ2v) is 8.68. The zero-order valence-corrected chi connectivity index (χ0v) is 20.1. The van der Waals surface area contributed by atoms with Gasteiger partial charge in [0.05, 0.1) is 0 Å². The molecule has 0 unspecified atom stereocenters. The zero-order valence-electron chi connectivity index (χ0n) is 19.4. The minimum absolute atomic E-state index is 0.0952. The molecule has 1 aliphatic rings. The molecule has 2 heterocycles. The van der Waals surface area contributed by atoms with Gasteiger partial charge in [0, 0.05) is 44.3 Å². The van der Waals surface area contributed by atoms with Crippen LogP contribution in [0, 0.1) is 0 Å². The van der Waals surface area contributed by atoms with Crippen molar-refractivity contribution in [3.8, 4) is 5.75 Å². The summed E-state index contributed by atoms with van der Waals surface area (Å²) in [5, 5.41) is 3.73. The number of fused-ring (bicyclic) bond motifs is 1. The van der Waals surface area contributed by atoms with Crippen molar-refractivity contribution in [1.29, 1.82) is 0 Å². The molecule has 1 aliphatic heterocycles. The van der Waals surface area contributed by atoms with E-state index in [0.717, 1.165) is 24.1 Å². The lowest BCUT2D eigenvalue weighted by Gasteiger charge is -2.23. The zero-order chi connectivity index (χ0) is 24.1. The van der Waals surface area contributed by atoms with E-state index in [4.69, 9.17) is 22.1 Å². The number of ether oxygens (including phenoxy) is 1. The van der Waals surface area contributed by atoms with Crippen LogP contribution in [0.3, 0.4) is 0 Å². The summed E-state index contributed by atoms with van der Waals surface area (Å²) in [6.07, 6.45) is 2.21. The van der Waals surface area contributed by atoms with Crippen LogP contribution >= 0.6 is 11.6 Å². The van der Waals surface area contributed by atoms with Crippen molar-refractivity contribution in [3.63, 3.8) is 0 Å². The molecular formula is C25H29ClN6O2. The van der Waals surface area contributed by atoms with Crippen molar-refractivity contribution in [2.24, 2.45) is 0 Å². The maximum Gasteiger partial charge on any atom is 0.259 e. The average Bonchev–Trinajstić information content (AvgIpc) is 2.95. The van der Waals surface area contributed by atoms with Crippen molar-refractivity contribution in [1.82, 2.24) is 20.2 Å². The van der Waals surface area contributed by atoms with Gasteiger partial charge in [-0.15, -0.1) is 0 Å². The molecule has 0 aliphatic carbocycles. The van der Waals surface area contributed by atoms with Crippen LogP contribution in [0.2, 0.25) is 5.02 Å². The Hall–Kier alpha value is -3.36. The third-order valence-electron chi connectivity index (χ3n) is 5.86. The predicted molar refractivity (Wildman–Crippen MR) is 134 cm³/mol. The maximum atomic E-state index is 13.2. The van der Waals surface area contributed by atoms with Gasteiger partial charge in [0.1, 0.15) is 23.2 Å². The number of nitrogens with one attached hydrogen (secondary N) is 1. The molecule has 0 fully saturated rings. The first-order valence-corrected chi connectivity index (χ1v) is 11.6. The van der Waals surface area contributed by atoms with E-state index in [1.54, 1.807) is 4.90 Å². The lowest BCUT2D eigenvalue weighted by molar-refractivity contribution is 0.0754. The largest absolute Gasteiger partial charge is 0.486 e. The van der Waals surface area contributed by atoms with Crippen molar-refractivity contribution in [2.45, 2.75) is 19.1 Å². The topological polar surface area (TPSA) is 96.6 Å². The van der Waals surface area contributed by atoms with E-state index in [0.29, 0.717) is 41.8 Å².